The molecule has 0 aromatic carbocycles. The van der Waals surface area contributed by atoms with Crippen LogP contribution in [0.25, 0.3) is 0 Å². The van der Waals surface area contributed by atoms with Gasteiger partial charge in [0.15, 0.2) is 0 Å². The van der Waals surface area contributed by atoms with Gasteiger partial charge in [0.25, 0.3) is 0 Å². The quantitative estimate of drug-likeness (QED) is 0.0263. The van der Waals surface area contributed by atoms with E-state index in [2.05, 4.69) is 38.2 Å². The number of nitrogens with zero attached hydrogens (tertiary/aromatic N) is 1. The Hall–Kier alpha value is -1.47. The summed E-state index contributed by atoms with van der Waals surface area (Å²) in [5.41, 5.74) is 0. The number of carbonyl (C=O) groups is 2. The van der Waals surface area contributed by atoms with Crippen LogP contribution in [-0.4, -0.2) is 70.1 Å². The zero-order valence-electron chi connectivity index (χ0n) is 35.3. The van der Waals surface area contributed by atoms with Crippen LogP contribution in [0.2, 0.25) is 0 Å². The second kappa shape index (κ2) is 38.8. The maximum Gasteiger partial charge on any atom is 0.328 e. The monoisotopic (exact) mass is 770 g/mol. The minimum Gasteiger partial charge on any atom is -0.463 e. The van der Waals surface area contributed by atoms with Gasteiger partial charge in [0.1, 0.15) is 19.3 Å². The van der Waals surface area contributed by atoms with E-state index in [1.54, 1.807) is 0 Å². The zero-order valence-corrected chi connectivity index (χ0v) is 36.2. The Labute approximate surface area is 327 Å². The standard InChI is InChI=1S/C44H84NO7P/c1-6-8-10-12-14-16-18-20-22-24-26-28-30-32-34-36-43(46)49-40-42(52-53(5,48)51-39-38-45(3)4)41-50-44(47)37-35-33-31-29-27-25-23-21-19-17-15-13-11-9-7-2/h20-23,42H,6-19,24-41H2,1-5H3/b22-20-,23-21-. The van der Waals surface area contributed by atoms with Crippen molar-refractivity contribution in [2.24, 2.45) is 0 Å². The molecule has 0 aromatic heterocycles. The van der Waals surface area contributed by atoms with Gasteiger partial charge in [0.2, 0.25) is 0 Å². The van der Waals surface area contributed by atoms with Crippen LogP contribution in [0.4, 0.5) is 0 Å². The minimum atomic E-state index is -3.45. The first-order chi connectivity index (χ1) is 25.7. The lowest BCUT2D eigenvalue weighted by Gasteiger charge is -2.22. The number of esters is 2. The predicted molar refractivity (Wildman–Crippen MR) is 224 cm³/mol. The Morgan fingerprint density at radius 3 is 1.25 bits per heavy atom. The van der Waals surface area contributed by atoms with Crippen LogP contribution in [0.3, 0.4) is 0 Å². The molecule has 1 unspecified atom stereocenters. The number of allylic oxidation sites excluding steroid dienone is 4. The van der Waals surface area contributed by atoms with Gasteiger partial charge in [-0.15, -0.1) is 0 Å². The van der Waals surface area contributed by atoms with Crippen LogP contribution < -0.4 is 0 Å². The van der Waals surface area contributed by atoms with Crippen molar-refractivity contribution < 1.29 is 32.7 Å². The molecule has 1 atom stereocenters. The lowest BCUT2D eigenvalue weighted by Crippen LogP contribution is -2.28. The molecule has 8 nitrogen and oxygen atoms in total. The summed E-state index contributed by atoms with van der Waals surface area (Å²) >= 11 is 0. The Kier molecular flexibility index (Phi) is 37.7. The number of carbonyl (C=O) groups excluding carboxylic acids is 2. The van der Waals surface area contributed by atoms with Crippen LogP contribution in [-0.2, 0) is 32.7 Å². The second-order valence-electron chi connectivity index (χ2n) is 15.2. The van der Waals surface area contributed by atoms with E-state index in [0.29, 0.717) is 19.4 Å². The fourth-order valence-electron chi connectivity index (χ4n) is 6.00. The third-order valence-corrected chi connectivity index (χ3v) is 10.7. The van der Waals surface area contributed by atoms with E-state index >= 15 is 0 Å². The minimum absolute atomic E-state index is 0.139. The predicted octanol–water partition coefficient (Wildman–Crippen LogP) is 12.9. The van der Waals surface area contributed by atoms with E-state index in [1.165, 1.54) is 109 Å². The normalized spacial score (nSPS) is 13.1. The average molecular weight is 770 g/mol. The number of ether oxygens (including phenoxy) is 2. The molecule has 0 spiro atoms. The molecular weight excluding hydrogens is 685 g/mol. The molecule has 0 fully saturated rings. The van der Waals surface area contributed by atoms with Crippen LogP contribution in [0.15, 0.2) is 24.3 Å². The summed E-state index contributed by atoms with van der Waals surface area (Å²) in [7, 11) is 0.352. The second-order valence-corrected chi connectivity index (χ2v) is 17.2. The first-order valence-corrected chi connectivity index (χ1v) is 23.9. The molecule has 0 aromatic rings. The molecule has 0 radical (unpaired) electrons. The molecule has 0 aliphatic rings. The lowest BCUT2D eigenvalue weighted by atomic mass is 10.1. The van der Waals surface area contributed by atoms with Crippen molar-refractivity contribution in [3.05, 3.63) is 24.3 Å². The highest BCUT2D eigenvalue weighted by Crippen LogP contribution is 2.45. The van der Waals surface area contributed by atoms with Crippen LogP contribution in [0.1, 0.15) is 194 Å². The van der Waals surface area contributed by atoms with Gasteiger partial charge in [-0.05, 0) is 78.3 Å². The highest BCUT2D eigenvalue weighted by Gasteiger charge is 2.26. The molecule has 0 aliphatic carbocycles. The van der Waals surface area contributed by atoms with E-state index in [9.17, 15) is 14.2 Å². The highest BCUT2D eigenvalue weighted by atomic mass is 31.2. The van der Waals surface area contributed by atoms with Crippen molar-refractivity contribution >= 4 is 19.5 Å². The molecule has 0 rings (SSSR count). The summed E-state index contributed by atoms with van der Waals surface area (Å²) in [6, 6.07) is 0. The van der Waals surface area contributed by atoms with Gasteiger partial charge in [-0.25, -0.2) is 0 Å². The van der Waals surface area contributed by atoms with Gasteiger partial charge < -0.3 is 18.9 Å². The van der Waals surface area contributed by atoms with Crippen molar-refractivity contribution in [2.75, 3.05) is 47.1 Å². The molecule has 0 saturated heterocycles. The van der Waals surface area contributed by atoms with Crippen molar-refractivity contribution in [1.29, 1.82) is 0 Å². The fraction of sp³-hybridized carbons (Fsp3) is 0.864. The molecule has 0 amide bonds. The van der Waals surface area contributed by atoms with Crippen molar-refractivity contribution in [2.45, 2.75) is 200 Å². The molecule has 53 heavy (non-hydrogen) atoms. The smallest absolute Gasteiger partial charge is 0.328 e. The molecule has 0 heterocycles. The van der Waals surface area contributed by atoms with Gasteiger partial charge in [0, 0.05) is 26.1 Å². The van der Waals surface area contributed by atoms with Gasteiger partial charge in [0.05, 0.1) is 6.61 Å². The lowest BCUT2D eigenvalue weighted by molar-refractivity contribution is -0.151. The third-order valence-electron chi connectivity index (χ3n) is 9.35. The summed E-state index contributed by atoms with van der Waals surface area (Å²) in [6.45, 7) is 6.45. The Balaban J connectivity index is 4.26. The van der Waals surface area contributed by atoms with Gasteiger partial charge >= 0.3 is 19.5 Å². The van der Waals surface area contributed by atoms with Crippen molar-refractivity contribution in [3.8, 4) is 0 Å². The SMILES string of the molecule is CCCCCCCC/C=C\CCCCCCCC(=O)OCC(COC(=O)CCCCCCC/C=C\CCCCCCCC)OP(C)(=O)OCCN(C)C. The summed E-state index contributed by atoms with van der Waals surface area (Å²) in [4.78, 5) is 26.9. The first-order valence-electron chi connectivity index (χ1n) is 21.9. The number of unbranched alkanes of at least 4 members (excludes halogenated alkanes) is 22. The number of rotatable bonds is 40. The van der Waals surface area contributed by atoms with E-state index < -0.39 is 13.7 Å². The van der Waals surface area contributed by atoms with Gasteiger partial charge in [-0.2, -0.15) is 0 Å². The number of hydrogen-bond donors (Lipinski definition) is 0. The summed E-state index contributed by atoms with van der Waals surface area (Å²) in [6.07, 6.45) is 40.2. The van der Waals surface area contributed by atoms with Crippen LogP contribution in [0, 0.1) is 0 Å². The molecule has 0 bridgehead atoms. The molecule has 0 aliphatic heterocycles. The molecule has 312 valence electrons. The van der Waals surface area contributed by atoms with E-state index in [-0.39, 0.29) is 31.8 Å². The van der Waals surface area contributed by atoms with Crippen molar-refractivity contribution in [3.63, 3.8) is 0 Å². The number of hydrogen-bond acceptors (Lipinski definition) is 8. The largest absolute Gasteiger partial charge is 0.463 e. The Bertz CT molecular complexity index is 883. The fourth-order valence-corrected chi connectivity index (χ4v) is 7.13. The van der Waals surface area contributed by atoms with E-state index in [4.69, 9.17) is 18.5 Å². The molecule has 0 saturated carbocycles. The molecular formula is C44H84NO7P. The van der Waals surface area contributed by atoms with Gasteiger partial charge in [-0.3, -0.25) is 18.7 Å². The molecule has 9 heteroatoms. The van der Waals surface area contributed by atoms with Gasteiger partial charge in [-0.1, -0.05) is 141 Å². The maximum atomic E-state index is 13.0. The van der Waals surface area contributed by atoms with E-state index in [0.717, 1.165) is 64.2 Å². The van der Waals surface area contributed by atoms with E-state index in [1.807, 2.05) is 19.0 Å². The average Bonchev–Trinajstić information content (AvgIpc) is 3.12. The molecule has 0 N–H and O–H groups in total. The Morgan fingerprint density at radius 1 is 0.547 bits per heavy atom. The van der Waals surface area contributed by atoms with Crippen molar-refractivity contribution in [1.82, 2.24) is 4.90 Å². The first kappa shape index (κ1) is 51.5. The Morgan fingerprint density at radius 2 is 0.887 bits per heavy atom. The van der Waals surface area contributed by atoms with Crippen LogP contribution in [0.5, 0.6) is 0 Å². The summed E-state index contributed by atoms with van der Waals surface area (Å²) < 4.78 is 35.2. The maximum absolute atomic E-state index is 13.0. The summed E-state index contributed by atoms with van der Waals surface area (Å²) in [5.74, 6) is -0.648. The highest BCUT2D eigenvalue weighted by molar-refractivity contribution is 7.53. The van der Waals surface area contributed by atoms with Crippen LogP contribution >= 0.6 is 7.60 Å². The number of likely N-dealkylation sites (N-methyl/N-ethyl adjacent to an activating group) is 1. The summed E-state index contributed by atoms with van der Waals surface area (Å²) in [5, 5.41) is 0. The third kappa shape index (κ3) is 40.0. The zero-order chi connectivity index (χ0) is 39.1. The topological polar surface area (TPSA) is 91.4 Å².